The zero-order valence-corrected chi connectivity index (χ0v) is 17.1. The topological polar surface area (TPSA) is 45.2 Å². The van der Waals surface area contributed by atoms with E-state index in [1.807, 2.05) is 30.9 Å². The van der Waals surface area contributed by atoms with Crippen LogP contribution in [0.2, 0.25) is 0 Å². The van der Waals surface area contributed by atoms with E-state index in [-0.39, 0.29) is 0 Å². The Kier molecular flexibility index (Phi) is 6.65. The maximum atomic E-state index is 4.51. The van der Waals surface area contributed by atoms with E-state index in [2.05, 4.69) is 37.7 Å². The lowest BCUT2D eigenvalue weighted by atomic mass is 9.83. The summed E-state index contributed by atoms with van der Waals surface area (Å²) in [5, 5.41) is 0. The number of nitrogens with zero attached hydrogens (tertiary/aromatic N) is 5. The van der Waals surface area contributed by atoms with Gasteiger partial charge in [-0.05, 0) is 68.8 Å². The number of hydrogen-bond acceptors (Lipinski definition) is 5. The summed E-state index contributed by atoms with van der Waals surface area (Å²) in [6.45, 7) is 9.13. The second-order valence-corrected chi connectivity index (χ2v) is 8.52. The summed E-state index contributed by atoms with van der Waals surface area (Å²) in [5.74, 6) is 2.72. The van der Waals surface area contributed by atoms with Crippen LogP contribution in [0.25, 0.3) is 0 Å². The van der Waals surface area contributed by atoms with Gasteiger partial charge in [0.2, 0.25) is 0 Å². The standard InChI is InChI=1S/C23H33N5/c1-2-4-23-25-14-20(15-26-23)17-28-12-8-22(18-28)21-6-10-27(11-7-21)16-19-5-3-9-24-13-19/h3,5,9,13-15,21-22H,2,4,6-8,10-12,16-18H2,1H3. The first-order chi connectivity index (χ1) is 13.8. The zero-order chi connectivity index (χ0) is 19.2. The van der Waals surface area contributed by atoms with Crippen LogP contribution in [0.15, 0.2) is 36.9 Å². The van der Waals surface area contributed by atoms with Gasteiger partial charge in [0.05, 0.1) is 0 Å². The van der Waals surface area contributed by atoms with Crippen molar-refractivity contribution < 1.29 is 0 Å². The minimum atomic E-state index is 0.862. The molecule has 2 aromatic rings. The van der Waals surface area contributed by atoms with Crippen LogP contribution in [0.5, 0.6) is 0 Å². The molecule has 28 heavy (non-hydrogen) atoms. The number of hydrogen-bond donors (Lipinski definition) is 0. The normalized spacial score (nSPS) is 22.0. The molecule has 5 nitrogen and oxygen atoms in total. The first-order valence-electron chi connectivity index (χ1n) is 10.9. The molecule has 4 rings (SSSR count). The van der Waals surface area contributed by atoms with Gasteiger partial charge in [-0.3, -0.25) is 14.8 Å². The Morgan fingerprint density at radius 3 is 2.32 bits per heavy atom. The average Bonchev–Trinajstić information content (AvgIpc) is 3.19. The first kappa shape index (κ1) is 19.5. The number of rotatable bonds is 7. The van der Waals surface area contributed by atoms with Crippen molar-refractivity contribution in [2.24, 2.45) is 11.8 Å². The third-order valence-corrected chi connectivity index (χ3v) is 6.38. The SMILES string of the molecule is CCCc1ncc(CN2CCC(C3CCN(Cc4cccnc4)CC3)C2)cn1. The summed E-state index contributed by atoms with van der Waals surface area (Å²) in [6.07, 6.45) is 14.0. The maximum absolute atomic E-state index is 4.51. The number of pyridine rings is 1. The predicted octanol–water partition coefficient (Wildman–Crippen LogP) is 3.56. The zero-order valence-electron chi connectivity index (χ0n) is 17.1. The minimum Gasteiger partial charge on any atom is -0.299 e. The van der Waals surface area contributed by atoms with Gasteiger partial charge in [-0.2, -0.15) is 0 Å². The van der Waals surface area contributed by atoms with Crippen LogP contribution in [0.1, 0.15) is 49.6 Å². The molecule has 2 aliphatic rings. The van der Waals surface area contributed by atoms with Crippen LogP contribution >= 0.6 is 0 Å². The summed E-state index contributed by atoms with van der Waals surface area (Å²) < 4.78 is 0. The summed E-state index contributed by atoms with van der Waals surface area (Å²) in [5.41, 5.74) is 2.59. The molecule has 0 amide bonds. The summed E-state index contributed by atoms with van der Waals surface area (Å²) in [4.78, 5) is 18.5. The molecule has 0 aliphatic carbocycles. The second-order valence-electron chi connectivity index (χ2n) is 8.52. The number of piperidine rings is 1. The van der Waals surface area contributed by atoms with Crippen molar-refractivity contribution in [3.8, 4) is 0 Å². The van der Waals surface area contributed by atoms with E-state index in [4.69, 9.17) is 0 Å². The molecule has 0 spiro atoms. The fourth-order valence-electron chi connectivity index (χ4n) is 4.80. The molecule has 2 aliphatic heterocycles. The molecular weight excluding hydrogens is 346 g/mol. The van der Waals surface area contributed by atoms with Gasteiger partial charge >= 0.3 is 0 Å². The summed E-state index contributed by atoms with van der Waals surface area (Å²) >= 11 is 0. The Hall–Kier alpha value is -1.85. The summed E-state index contributed by atoms with van der Waals surface area (Å²) in [7, 11) is 0. The van der Waals surface area contributed by atoms with Gasteiger partial charge in [0.15, 0.2) is 0 Å². The summed E-state index contributed by atoms with van der Waals surface area (Å²) in [6, 6.07) is 4.23. The Labute approximate surface area is 169 Å². The van der Waals surface area contributed by atoms with E-state index in [9.17, 15) is 0 Å². The molecule has 1 unspecified atom stereocenters. The van der Waals surface area contributed by atoms with Crippen molar-refractivity contribution >= 4 is 0 Å². The molecule has 0 aromatic carbocycles. The Morgan fingerprint density at radius 1 is 0.893 bits per heavy atom. The second kappa shape index (κ2) is 9.57. The van der Waals surface area contributed by atoms with Gasteiger partial charge in [-0.25, -0.2) is 9.97 Å². The van der Waals surface area contributed by atoms with Gasteiger partial charge < -0.3 is 0 Å². The fourth-order valence-corrected chi connectivity index (χ4v) is 4.80. The van der Waals surface area contributed by atoms with Crippen LogP contribution in [0.3, 0.4) is 0 Å². The van der Waals surface area contributed by atoms with Gasteiger partial charge in [0, 0.05) is 56.4 Å². The lowest BCUT2D eigenvalue weighted by Gasteiger charge is -2.34. The molecule has 0 N–H and O–H groups in total. The molecular formula is C23H33N5. The monoisotopic (exact) mass is 379 g/mol. The van der Waals surface area contributed by atoms with Crippen molar-refractivity contribution in [1.82, 2.24) is 24.8 Å². The van der Waals surface area contributed by atoms with Crippen LogP contribution in [0.4, 0.5) is 0 Å². The average molecular weight is 380 g/mol. The van der Waals surface area contributed by atoms with E-state index >= 15 is 0 Å². The van der Waals surface area contributed by atoms with E-state index in [1.165, 1.54) is 56.6 Å². The Bertz CT molecular complexity index is 710. The molecule has 4 heterocycles. The highest BCUT2D eigenvalue weighted by molar-refractivity contribution is 5.08. The quantitative estimate of drug-likeness (QED) is 0.736. The predicted molar refractivity (Wildman–Crippen MR) is 112 cm³/mol. The number of likely N-dealkylation sites (tertiary alicyclic amines) is 2. The van der Waals surface area contributed by atoms with Crippen molar-refractivity contribution in [2.75, 3.05) is 26.2 Å². The molecule has 150 valence electrons. The van der Waals surface area contributed by atoms with E-state index in [0.29, 0.717) is 0 Å². The van der Waals surface area contributed by atoms with Gasteiger partial charge in [-0.1, -0.05) is 13.0 Å². The van der Waals surface area contributed by atoms with Gasteiger partial charge in [-0.15, -0.1) is 0 Å². The highest BCUT2D eigenvalue weighted by Crippen LogP contribution is 2.32. The molecule has 0 radical (unpaired) electrons. The van der Waals surface area contributed by atoms with Crippen molar-refractivity contribution in [3.05, 3.63) is 53.9 Å². The third kappa shape index (κ3) is 5.15. The molecule has 1 atom stereocenters. The Morgan fingerprint density at radius 2 is 1.61 bits per heavy atom. The third-order valence-electron chi connectivity index (χ3n) is 6.38. The van der Waals surface area contributed by atoms with E-state index in [0.717, 1.165) is 43.6 Å². The minimum absolute atomic E-state index is 0.862. The first-order valence-corrected chi connectivity index (χ1v) is 10.9. The highest BCUT2D eigenvalue weighted by atomic mass is 15.2. The number of aryl methyl sites for hydroxylation is 1. The van der Waals surface area contributed by atoms with Crippen LogP contribution < -0.4 is 0 Å². The molecule has 2 saturated heterocycles. The Balaban J connectivity index is 1.21. The van der Waals surface area contributed by atoms with E-state index in [1.54, 1.807) is 0 Å². The smallest absolute Gasteiger partial charge is 0.128 e. The lowest BCUT2D eigenvalue weighted by Crippen LogP contribution is -2.36. The van der Waals surface area contributed by atoms with Crippen molar-refractivity contribution in [3.63, 3.8) is 0 Å². The number of aromatic nitrogens is 3. The molecule has 2 fully saturated rings. The largest absolute Gasteiger partial charge is 0.299 e. The van der Waals surface area contributed by atoms with Crippen molar-refractivity contribution in [2.45, 2.75) is 52.1 Å². The van der Waals surface area contributed by atoms with E-state index < -0.39 is 0 Å². The highest BCUT2D eigenvalue weighted by Gasteiger charge is 2.31. The van der Waals surface area contributed by atoms with Crippen LogP contribution in [0, 0.1) is 11.8 Å². The van der Waals surface area contributed by atoms with Crippen LogP contribution in [-0.2, 0) is 19.5 Å². The van der Waals surface area contributed by atoms with Crippen molar-refractivity contribution in [1.29, 1.82) is 0 Å². The van der Waals surface area contributed by atoms with Gasteiger partial charge in [0.1, 0.15) is 5.82 Å². The van der Waals surface area contributed by atoms with Crippen LogP contribution in [-0.4, -0.2) is 50.9 Å². The lowest BCUT2D eigenvalue weighted by molar-refractivity contribution is 0.141. The molecule has 0 saturated carbocycles. The molecule has 0 bridgehead atoms. The maximum Gasteiger partial charge on any atom is 0.128 e. The van der Waals surface area contributed by atoms with Gasteiger partial charge in [0.25, 0.3) is 0 Å². The molecule has 5 heteroatoms. The molecule has 2 aromatic heterocycles. The fraction of sp³-hybridized carbons (Fsp3) is 0.609.